The zero-order chi connectivity index (χ0) is 15.0. The van der Waals surface area contributed by atoms with E-state index in [9.17, 15) is 4.79 Å². The van der Waals surface area contributed by atoms with E-state index < -0.39 is 0 Å². The van der Waals surface area contributed by atoms with Crippen LogP contribution in [0.4, 0.5) is 0 Å². The van der Waals surface area contributed by atoms with Crippen LogP contribution in [-0.2, 0) is 0 Å². The Kier molecular flexibility index (Phi) is 6.37. The Bertz CT molecular complexity index is 473. The van der Waals surface area contributed by atoms with E-state index in [1.54, 1.807) is 42.4 Å². The number of rotatable bonds is 8. The van der Waals surface area contributed by atoms with Crippen molar-refractivity contribution >= 4 is 5.91 Å². The summed E-state index contributed by atoms with van der Waals surface area (Å²) < 4.78 is 10.7. The topological polar surface area (TPSA) is 38.8 Å². The van der Waals surface area contributed by atoms with Gasteiger partial charge in [-0.15, -0.1) is 13.2 Å². The first-order valence-electron chi connectivity index (χ1n) is 6.49. The molecular formula is C16H21NO3. The smallest absolute Gasteiger partial charge is 0.254 e. The van der Waals surface area contributed by atoms with Crippen molar-refractivity contribution < 1.29 is 14.3 Å². The van der Waals surface area contributed by atoms with Crippen LogP contribution in [0.1, 0.15) is 17.3 Å². The SMILES string of the molecule is C=CCN(CC=C)C(=O)c1ccc(OC)c(OCC)c1. The van der Waals surface area contributed by atoms with Crippen molar-refractivity contribution in [2.45, 2.75) is 6.92 Å². The van der Waals surface area contributed by atoms with E-state index in [2.05, 4.69) is 13.2 Å². The van der Waals surface area contributed by atoms with Gasteiger partial charge in [0.05, 0.1) is 13.7 Å². The number of hydrogen-bond donors (Lipinski definition) is 0. The van der Waals surface area contributed by atoms with Gasteiger partial charge in [0.15, 0.2) is 11.5 Å². The second kappa shape index (κ2) is 8.04. The zero-order valence-corrected chi connectivity index (χ0v) is 12.1. The zero-order valence-electron chi connectivity index (χ0n) is 12.1. The number of hydrogen-bond acceptors (Lipinski definition) is 3. The second-order valence-corrected chi connectivity index (χ2v) is 4.09. The van der Waals surface area contributed by atoms with Gasteiger partial charge >= 0.3 is 0 Å². The summed E-state index contributed by atoms with van der Waals surface area (Å²) in [6.45, 7) is 10.7. The molecule has 0 unspecified atom stereocenters. The number of methoxy groups -OCH3 is 1. The minimum Gasteiger partial charge on any atom is -0.493 e. The van der Waals surface area contributed by atoms with Crippen LogP contribution in [0, 0.1) is 0 Å². The molecule has 0 N–H and O–H groups in total. The predicted octanol–water partition coefficient (Wildman–Crippen LogP) is 2.91. The third kappa shape index (κ3) is 3.88. The molecule has 0 fully saturated rings. The molecule has 1 aromatic carbocycles. The van der Waals surface area contributed by atoms with Gasteiger partial charge in [-0.3, -0.25) is 4.79 Å². The fourth-order valence-electron chi connectivity index (χ4n) is 1.81. The quantitative estimate of drug-likeness (QED) is 0.685. The molecule has 1 amide bonds. The number of carbonyl (C=O) groups excluding carboxylic acids is 1. The first-order valence-corrected chi connectivity index (χ1v) is 6.49. The lowest BCUT2D eigenvalue weighted by molar-refractivity contribution is 0.0790. The number of benzene rings is 1. The Morgan fingerprint density at radius 3 is 2.40 bits per heavy atom. The Hall–Kier alpha value is -2.23. The van der Waals surface area contributed by atoms with Gasteiger partial charge in [0, 0.05) is 18.7 Å². The third-order valence-corrected chi connectivity index (χ3v) is 2.70. The maximum Gasteiger partial charge on any atom is 0.254 e. The van der Waals surface area contributed by atoms with E-state index in [4.69, 9.17) is 9.47 Å². The summed E-state index contributed by atoms with van der Waals surface area (Å²) in [6, 6.07) is 5.16. The highest BCUT2D eigenvalue weighted by Gasteiger charge is 2.16. The average Bonchev–Trinajstić information content (AvgIpc) is 2.46. The molecule has 0 aliphatic carbocycles. The maximum atomic E-state index is 12.4. The Morgan fingerprint density at radius 1 is 1.25 bits per heavy atom. The molecule has 0 radical (unpaired) electrons. The lowest BCUT2D eigenvalue weighted by Gasteiger charge is -2.20. The molecule has 20 heavy (non-hydrogen) atoms. The van der Waals surface area contributed by atoms with Crippen molar-refractivity contribution in [2.75, 3.05) is 26.8 Å². The van der Waals surface area contributed by atoms with Gasteiger partial charge in [0.1, 0.15) is 0 Å². The normalized spacial score (nSPS) is 9.70. The molecular weight excluding hydrogens is 254 g/mol. The number of ether oxygens (including phenoxy) is 2. The summed E-state index contributed by atoms with van der Waals surface area (Å²) in [5.41, 5.74) is 0.554. The van der Waals surface area contributed by atoms with Crippen LogP contribution in [-0.4, -0.2) is 37.6 Å². The lowest BCUT2D eigenvalue weighted by atomic mass is 10.1. The van der Waals surface area contributed by atoms with E-state index >= 15 is 0 Å². The fourth-order valence-corrected chi connectivity index (χ4v) is 1.81. The monoisotopic (exact) mass is 275 g/mol. The number of amides is 1. The van der Waals surface area contributed by atoms with Crippen molar-refractivity contribution in [3.63, 3.8) is 0 Å². The molecule has 0 aromatic heterocycles. The minimum absolute atomic E-state index is 0.0894. The average molecular weight is 275 g/mol. The largest absolute Gasteiger partial charge is 0.493 e. The summed E-state index contributed by atoms with van der Waals surface area (Å²) in [5, 5.41) is 0. The molecule has 0 aliphatic heterocycles. The summed E-state index contributed by atoms with van der Waals surface area (Å²) in [6.07, 6.45) is 3.38. The van der Waals surface area contributed by atoms with Gasteiger partial charge in [0.2, 0.25) is 0 Å². The van der Waals surface area contributed by atoms with Crippen molar-refractivity contribution in [2.24, 2.45) is 0 Å². The molecule has 1 aromatic rings. The molecule has 0 spiro atoms. The van der Waals surface area contributed by atoms with Gasteiger partial charge in [0.25, 0.3) is 5.91 Å². The summed E-state index contributed by atoms with van der Waals surface area (Å²) in [7, 11) is 1.57. The van der Waals surface area contributed by atoms with E-state index in [1.807, 2.05) is 6.92 Å². The van der Waals surface area contributed by atoms with E-state index in [0.29, 0.717) is 36.8 Å². The van der Waals surface area contributed by atoms with Crippen LogP contribution in [0.5, 0.6) is 11.5 Å². The summed E-state index contributed by atoms with van der Waals surface area (Å²) >= 11 is 0. The molecule has 0 saturated heterocycles. The summed E-state index contributed by atoms with van der Waals surface area (Å²) in [4.78, 5) is 14.1. The molecule has 0 atom stereocenters. The first-order chi connectivity index (χ1) is 9.67. The molecule has 108 valence electrons. The van der Waals surface area contributed by atoms with Crippen LogP contribution in [0.3, 0.4) is 0 Å². The van der Waals surface area contributed by atoms with Gasteiger partial charge in [-0.25, -0.2) is 0 Å². The Balaban J connectivity index is 3.04. The second-order valence-electron chi connectivity index (χ2n) is 4.09. The van der Waals surface area contributed by atoms with Crippen molar-refractivity contribution in [3.05, 3.63) is 49.1 Å². The molecule has 0 bridgehead atoms. The maximum absolute atomic E-state index is 12.4. The lowest BCUT2D eigenvalue weighted by Crippen LogP contribution is -2.31. The number of nitrogens with zero attached hydrogens (tertiary/aromatic N) is 1. The molecule has 4 heteroatoms. The summed E-state index contributed by atoms with van der Waals surface area (Å²) in [5.74, 6) is 1.09. The molecule has 0 saturated carbocycles. The van der Waals surface area contributed by atoms with E-state index in [-0.39, 0.29) is 5.91 Å². The highest BCUT2D eigenvalue weighted by atomic mass is 16.5. The van der Waals surface area contributed by atoms with Crippen molar-refractivity contribution in [3.8, 4) is 11.5 Å². The first kappa shape index (κ1) is 15.8. The van der Waals surface area contributed by atoms with Gasteiger partial charge in [-0.2, -0.15) is 0 Å². The fraction of sp³-hybridized carbons (Fsp3) is 0.312. The highest BCUT2D eigenvalue weighted by Crippen LogP contribution is 2.28. The van der Waals surface area contributed by atoms with Crippen LogP contribution < -0.4 is 9.47 Å². The Morgan fingerprint density at radius 2 is 1.90 bits per heavy atom. The molecule has 1 rings (SSSR count). The predicted molar refractivity (Wildman–Crippen MR) is 80.5 cm³/mol. The van der Waals surface area contributed by atoms with Crippen LogP contribution >= 0.6 is 0 Å². The van der Waals surface area contributed by atoms with Crippen molar-refractivity contribution in [1.82, 2.24) is 4.90 Å². The molecule has 0 aliphatic rings. The Labute approximate surface area is 120 Å². The van der Waals surface area contributed by atoms with Crippen molar-refractivity contribution in [1.29, 1.82) is 0 Å². The van der Waals surface area contributed by atoms with Gasteiger partial charge in [-0.05, 0) is 25.1 Å². The van der Waals surface area contributed by atoms with E-state index in [1.165, 1.54) is 0 Å². The van der Waals surface area contributed by atoms with E-state index in [0.717, 1.165) is 0 Å². The third-order valence-electron chi connectivity index (χ3n) is 2.70. The molecule has 0 heterocycles. The van der Waals surface area contributed by atoms with Crippen LogP contribution in [0.25, 0.3) is 0 Å². The standard InChI is InChI=1S/C16H21NO3/c1-5-10-17(11-6-2)16(18)13-8-9-14(19-4)15(12-13)20-7-3/h5-6,8-9,12H,1-2,7,10-11H2,3-4H3. The van der Waals surface area contributed by atoms with Gasteiger partial charge in [-0.1, -0.05) is 12.2 Å². The molecule has 4 nitrogen and oxygen atoms in total. The van der Waals surface area contributed by atoms with Crippen LogP contribution in [0.2, 0.25) is 0 Å². The minimum atomic E-state index is -0.0894. The van der Waals surface area contributed by atoms with Crippen LogP contribution in [0.15, 0.2) is 43.5 Å². The van der Waals surface area contributed by atoms with Gasteiger partial charge < -0.3 is 14.4 Å². The highest BCUT2D eigenvalue weighted by molar-refractivity contribution is 5.95. The number of carbonyl (C=O) groups is 1.